The maximum atomic E-state index is 12.4. The third kappa shape index (κ3) is 4.78. The molecule has 1 aromatic carbocycles. The predicted octanol–water partition coefficient (Wildman–Crippen LogP) is 3.13. The highest BCUT2D eigenvalue weighted by atomic mass is 32.2. The lowest BCUT2D eigenvalue weighted by atomic mass is 10.1. The van der Waals surface area contributed by atoms with E-state index in [1.54, 1.807) is 29.8 Å². The Morgan fingerprint density at radius 1 is 1.34 bits per heavy atom. The monoisotopic (exact) mass is 432 g/mol. The summed E-state index contributed by atoms with van der Waals surface area (Å²) >= 11 is 6.65. The van der Waals surface area contributed by atoms with E-state index in [0.717, 1.165) is 5.75 Å². The van der Waals surface area contributed by atoms with Gasteiger partial charge < -0.3 is 4.42 Å². The van der Waals surface area contributed by atoms with Crippen molar-refractivity contribution in [2.75, 3.05) is 11.2 Å². The first kappa shape index (κ1) is 20.5. The van der Waals surface area contributed by atoms with Gasteiger partial charge in [-0.1, -0.05) is 30.8 Å². The lowest BCUT2D eigenvalue weighted by Gasteiger charge is -2.12. The lowest BCUT2D eigenvalue weighted by Crippen LogP contribution is -2.38. The van der Waals surface area contributed by atoms with E-state index in [1.807, 2.05) is 6.92 Å². The van der Waals surface area contributed by atoms with E-state index in [1.165, 1.54) is 30.0 Å². The Balaban J connectivity index is 1.69. The summed E-state index contributed by atoms with van der Waals surface area (Å²) < 4.78 is 7.11. The Labute approximate surface area is 174 Å². The SMILES string of the molecule is CCSc1nnc(C)n1NC(=S)NC(=O)c1ccc(-c2cccc([N+](=O)[O-])c2)o1. The van der Waals surface area contributed by atoms with Crippen LogP contribution in [0.5, 0.6) is 0 Å². The molecular weight excluding hydrogens is 416 g/mol. The zero-order valence-electron chi connectivity index (χ0n) is 15.4. The second-order valence-corrected chi connectivity index (χ2v) is 7.30. The van der Waals surface area contributed by atoms with Crippen LogP contribution >= 0.6 is 24.0 Å². The molecule has 29 heavy (non-hydrogen) atoms. The molecule has 10 nitrogen and oxygen atoms in total. The third-order valence-electron chi connectivity index (χ3n) is 3.68. The Morgan fingerprint density at radius 2 is 2.14 bits per heavy atom. The Morgan fingerprint density at radius 3 is 2.86 bits per heavy atom. The standard InChI is InChI=1S/C17H16N6O4S2/c1-3-29-17-20-19-10(2)22(17)21-16(28)18-15(24)14-8-7-13(27-14)11-5-4-6-12(9-11)23(25)26/h4-9H,3H2,1-2H3,(H2,18,21,24,28). The van der Waals surface area contributed by atoms with Crippen LogP contribution in [0.3, 0.4) is 0 Å². The number of aromatic nitrogens is 3. The van der Waals surface area contributed by atoms with E-state index in [0.29, 0.717) is 22.3 Å². The molecule has 0 radical (unpaired) electrons. The van der Waals surface area contributed by atoms with Gasteiger partial charge in [0.1, 0.15) is 11.6 Å². The van der Waals surface area contributed by atoms with Gasteiger partial charge in [-0.2, -0.15) is 0 Å². The molecule has 1 amide bonds. The number of carbonyl (C=O) groups excluding carboxylic acids is 1. The number of non-ortho nitro benzene ring substituents is 1. The first-order valence-electron chi connectivity index (χ1n) is 8.41. The number of hydrogen-bond acceptors (Lipinski definition) is 8. The van der Waals surface area contributed by atoms with Crippen LogP contribution in [0, 0.1) is 17.0 Å². The second kappa shape index (κ2) is 8.84. The number of thioether (sulfide) groups is 1. The fourth-order valence-electron chi connectivity index (χ4n) is 2.38. The maximum absolute atomic E-state index is 12.4. The molecule has 2 N–H and O–H groups in total. The topological polar surface area (TPSA) is 128 Å². The number of aryl methyl sites for hydroxylation is 1. The van der Waals surface area contributed by atoms with Gasteiger partial charge in [0.05, 0.1) is 4.92 Å². The van der Waals surface area contributed by atoms with Gasteiger partial charge in [-0.3, -0.25) is 25.7 Å². The lowest BCUT2D eigenvalue weighted by molar-refractivity contribution is -0.384. The molecule has 0 atom stereocenters. The summed E-state index contributed by atoms with van der Waals surface area (Å²) in [5, 5.41) is 22.1. The van der Waals surface area contributed by atoms with Gasteiger partial charge >= 0.3 is 0 Å². The molecule has 0 unspecified atom stereocenters. The molecule has 0 fully saturated rings. The van der Waals surface area contributed by atoms with Gasteiger partial charge in [-0.15, -0.1) is 10.2 Å². The summed E-state index contributed by atoms with van der Waals surface area (Å²) in [5.74, 6) is 1.16. The average Bonchev–Trinajstić information content (AvgIpc) is 3.31. The number of furan rings is 1. The summed E-state index contributed by atoms with van der Waals surface area (Å²) in [5.41, 5.74) is 3.27. The Bertz CT molecular complexity index is 1080. The minimum atomic E-state index is -0.561. The van der Waals surface area contributed by atoms with Crippen molar-refractivity contribution in [1.82, 2.24) is 20.2 Å². The molecule has 0 saturated carbocycles. The number of carbonyl (C=O) groups is 1. The molecule has 150 valence electrons. The number of thiocarbonyl (C=S) groups is 1. The van der Waals surface area contributed by atoms with E-state index >= 15 is 0 Å². The molecule has 3 aromatic rings. The van der Waals surface area contributed by atoms with Crippen molar-refractivity contribution in [3.8, 4) is 11.3 Å². The average molecular weight is 432 g/mol. The zero-order valence-corrected chi connectivity index (χ0v) is 17.0. The molecule has 0 bridgehead atoms. The van der Waals surface area contributed by atoms with Crippen molar-refractivity contribution in [3.63, 3.8) is 0 Å². The molecule has 0 aliphatic heterocycles. The summed E-state index contributed by atoms with van der Waals surface area (Å²) in [7, 11) is 0. The zero-order chi connectivity index (χ0) is 21.0. The molecule has 0 aliphatic rings. The Hall–Kier alpha value is -3.25. The molecule has 0 saturated heterocycles. The highest BCUT2D eigenvalue weighted by Gasteiger charge is 2.17. The van der Waals surface area contributed by atoms with E-state index < -0.39 is 10.8 Å². The number of hydrogen-bond donors (Lipinski definition) is 2. The minimum absolute atomic E-state index is 0.0132. The minimum Gasteiger partial charge on any atom is -0.451 e. The van der Waals surface area contributed by atoms with Crippen LogP contribution in [-0.4, -0.2) is 36.6 Å². The van der Waals surface area contributed by atoms with Gasteiger partial charge in [0.2, 0.25) is 5.16 Å². The fraction of sp³-hybridized carbons (Fsp3) is 0.176. The second-order valence-electron chi connectivity index (χ2n) is 5.66. The van der Waals surface area contributed by atoms with Crippen LogP contribution in [0.2, 0.25) is 0 Å². The van der Waals surface area contributed by atoms with Crippen LogP contribution < -0.4 is 10.7 Å². The quantitative estimate of drug-likeness (QED) is 0.261. The largest absolute Gasteiger partial charge is 0.451 e. The van der Waals surface area contributed by atoms with Crippen molar-refractivity contribution in [2.24, 2.45) is 0 Å². The normalized spacial score (nSPS) is 10.6. The van der Waals surface area contributed by atoms with Crippen molar-refractivity contribution in [2.45, 2.75) is 19.0 Å². The first-order chi connectivity index (χ1) is 13.9. The van der Waals surface area contributed by atoms with Crippen LogP contribution in [-0.2, 0) is 0 Å². The van der Waals surface area contributed by atoms with Crippen molar-refractivity contribution in [1.29, 1.82) is 0 Å². The molecular formula is C17H16N6O4S2. The van der Waals surface area contributed by atoms with Crippen molar-refractivity contribution < 1.29 is 14.1 Å². The molecule has 2 heterocycles. The molecule has 12 heteroatoms. The van der Waals surface area contributed by atoms with Gasteiger partial charge in [0, 0.05) is 17.7 Å². The summed E-state index contributed by atoms with van der Waals surface area (Å²) in [4.78, 5) is 22.8. The number of amides is 1. The summed E-state index contributed by atoms with van der Waals surface area (Å²) in [6.07, 6.45) is 0. The molecule has 3 rings (SSSR count). The van der Waals surface area contributed by atoms with Crippen LogP contribution in [0.15, 0.2) is 46.0 Å². The fourth-order valence-corrected chi connectivity index (χ4v) is 3.22. The predicted molar refractivity (Wildman–Crippen MR) is 111 cm³/mol. The van der Waals surface area contributed by atoms with E-state index in [4.69, 9.17) is 16.6 Å². The van der Waals surface area contributed by atoms with Crippen LogP contribution in [0.1, 0.15) is 23.3 Å². The van der Waals surface area contributed by atoms with Crippen LogP contribution in [0.25, 0.3) is 11.3 Å². The number of nitro benzene ring substituents is 1. The number of nitro groups is 1. The molecule has 2 aromatic heterocycles. The number of nitrogens with one attached hydrogen (secondary N) is 2. The smallest absolute Gasteiger partial charge is 0.293 e. The highest BCUT2D eigenvalue weighted by molar-refractivity contribution is 7.99. The third-order valence-corrected chi connectivity index (χ3v) is 4.68. The number of benzene rings is 1. The number of nitrogens with zero attached hydrogens (tertiary/aromatic N) is 4. The maximum Gasteiger partial charge on any atom is 0.293 e. The first-order valence-corrected chi connectivity index (χ1v) is 9.80. The highest BCUT2D eigenvalue weighted by Crippen LogP contribution is 2.25. The van der Waals surface area contributed by atoms with Gasteiger partial charge in [0.15, 0.2) is 10.9 Å². The van der Waals surface area contributed by atoms with Gasteiger partial charge in [-0.25, -0.2) is 4.68 Å². The summed E-state index contributed by atoms with van der Waals surface area (Å²) in [6.45, 7) is 3.73. The van der Waals surface area contributed by atoms with Crippen molar-refractivity contribution in [3.05, 3.63) is 58.1 Å². The number of rotatable bonds is 6. The van der Waals surface area contributed by atoms with E-state index in [9.17, 15) is 14.9 Å². The molecule has 0 spiro atoms. The van der Waals surface area contributed by atoms with Gasteiger partial charge in [-0.05, 0) is 37.0 Å². The molecule has 0 aliphatic carbocycles. The van der Waals surface area contributed by atoms with Crippen LogP contribution in [0.4, 0.5) is 5.69 Å². The van der Waals surface area contributed by atoms with Crippen molar-refractivity contribution >= 4 is 40.7 Å². The van der Waals surface area contributed by atoms with Gasteiger partial charge in [0.25, 0.3) is 11.6 Å². The van der Waals surface area contributed by atoms with E-state index in [2.05, 4.69) is 20.9 Å². The Kier molecular flexibility index (Phi) is 6.24. The summed E-state index contributed by atoms with van der Waals surface area (Å²) in [6, 6.07) is 8.97. The van der Waals surface area contributed by atoms with E-state index in [-0.39, 0.29) is 16.6 Å².